The van der Waals surface area contributed by atoms with Gasteiger partial charge in [0.15, 0.2) is 29.6 Å². The van der Waals surface area contributed by atoms with Gasteiger partial charge in [-0.15, -0.1) is 0 Å². The van der Waals surface area contributed by atoms with Crippen LogP contribution in [0.4, 0.5) is 0 Å². The zero-order valence-electron chi connectivity index (χ0n) is 15.6. The maximum absolute atomic E-state index is 12.0. The molecule has 0 saturated heterocycles. The molecule has 0 saturated carbocycles. The Morgan fingerprint density at radius 3 is 2.19 bits per heavy atom. The standard InChI is InChI=1S/C20H25NO5/c1-14-11-18(24-3)19(25-4)12-15(14)9-10-21-20(22)13-26-17-8-6-5-7-16(17)23-2/h5-8,11-12H,9-10,13H2,1-4H3,(H,21,22). The number of nitrogens with one attached hydrogen (secondary N) is 1. The van der Waals surface area contributed by atoms with Gasteiger partial charge in [0.1, 0.15) is 0 Å². The molecule has 6 heteroatoms. The molecule has 0 radical (unpaired) electrons. The van der Waals surface area contributed by atoms with Crippen LogP contribution in [0.2, 0.25) is 0 Å². The van der Waals surface area contributed by atoms with Crippen LogP contribution in [-0.2, 0) is 11.2 Å². The van der Waals surface area contributed by atoms with Crippen LogP contribution in [0.15, 0.2) is 36.4 Å². The third-order valence-corrected chi connectivity index (χ3v) is 3.99. The van der Waals surface area contributed by atoms with Crippen LogP contribution in [-0.4, -0.2) is 40.4 Å². The number of hydrogen-bond donors (Lipinski definition) is 1. The second kappa shape index (κ2) is 9.56. The highest BCUT2D eigenvalue weighted by Crippen LogP contribution is 2.30. The highest BCUT2D eigenvalue weighted by molar-refractivity contribution is 5.77. The Hall–Kier alpha value is -2.89. The van der Waals surface area contributed by atoms with Crippen molar-refractivity contribution >= 4 is 5.91 Å². The molecule has 0 heterocycles. The minimum atomic E-state index is -0.186. The van der Waals surface area contributed by atoms with Crippen molar-refractivity contribution in [3.8, 4) is 23.0 Å². The van der Waals surface area contributed by atoms with Crippen LogP contribution in [0, 0.1) is 6.92 Å². The van der Waals surface area contributed by atoms with Gasteiger partial charge in [-0.1, -0.05) is 12.1 Å². The second-order valence-corrected chi connectivity index (χ2v) is 5.67. The van der Waals surface area contributed by atoms with E-state index in [4.69, 9.17) is 18.9 Å². The highest BCUT2D eigenvalue weighted by atomic mass is 16.5. The molecule has 0 spiro atoms. The summed E-state index contributed by atoms with van der Waals surface area (Å²) < 4.78 is 21.3. The van der Waals surface area contributed by atoms with Crippen molar-refractivity contribution in [3.05, 3.63) is 47.5 Å². The number of amides is 1. The first-order valence-corrected chi connectivity index (χ1v) is 8.33. The molecule has 0 atom stereocenters. The summed E-state index contributed by atoms with van der Waals surface area (Å²) >= 11 is 0. The number of para-hydroxylation sites is 2. The molecule has 0 aromatic heterocycles. The third-order valence-electron chi connectivity index (χ3n) is 3.99. The summed E-state index contributed by atoms with van der Waals surface area (Å²) in [6.07, 6.45) is 0.687. The lowest BCUT2D eigenvalue weighted by Gasteiger charge is -2.13. The van der Waals surface area contributed by atoms with E-state index < -0.39 is 0 Å². The molecule has 0 aliphatic rings. The molecule has 2 aromatic carbocycles. The smallest absolute Gasteiger partial charge is 0.257 e. The Labute approximate surface area is 154 Å². The summed E-state index contributed by atoms with van der Waals surface area (Å²) in [6.45, 7) is 2.44. The summed E-state index contributed by atoms with van der Waals surface area (Å²) in [7, 11) is 4.78. The SMILES string of the molecule is COc1cc(C)c(CCNC(=O)COc2ccccc2OC)cc1OC. The van der Waals surface area contributed by atoms with E-state index in [1.165, 1.54) is 0 Å². The fourth-order valence-electron chi connectivity index (χ4n) is 2.56. The van der Waals surface area contributed by atoms with E-state index in [1.54, 1.807) is 33.5 Å². The zero-order chi connectivity index (χ0) is 18.9. The Balaban J connectivity index is 1.85. The summed E-state index contributed by atoms with van der Waals surface area (Å²) in [5.41, 5.74) is 2.18. The van der Waals surface area contributed by atoms with E-state index in [2.05, 4.69) is 5.32 Å². The lowest BCUT2D eigenvalue weighted by Crippen LogP contribution is -2.30. The molecule has 0 fully saturated rings. The number of methoxy groups -OCH3 is 3. The fourth-order valence-corrected chi connectivity index (χ4v) is 2.56. The van der Waals surface area contributed by atoms with Crippen molar-refractivity contribution < 1.29 is 23.7 Å². The van der Waals surface area contributed by atoms with Gasteiger partial charge in [0.05, 0.1) is 21.3 Å². The van der Waals surface area contributed by atoms with Gasteiger partial charge in [-0.2, -0.15) is 0 Å². The molecule has 2 aromatic rings. The third kappa shape index (κ3) is 5.05. The van der Waals surface area contributed by atoms with Gasteiger partial charge in [0.25, 0.3) is 5.91 Å². The summed E-state index contributed by atoms with van der Waals surface area (Å²) in [5.74, 6) is 2.33. The number of ether oxygens (including phenoxy) is 4. The van der Waals surface area contributed by atoms with E-state index in [1.807, 2.05) is 31.2 Å². The molecule has 26 heavy (non-hydrogen) atoms. The van der Waals surface area contributed by atoms with Crippen LogP contribution in [0.3, 0.4) is 0 Å². The lowest BCUT2D eigenvalue weighted by atomic mass is 10.0. The van der Waals surface area contributed by atoms with Crippen molar-refractivity contribution in [3.63, 3.8) is 0 Å². The number of carbonyl (C=O) groups is 1. The predicted octanol–water partition coefficient (Wildman–Crippen LogP) is 2.76. The van der Waals surface area contributed by atoms with E-state index in [9.17, 15) is 4.79 Å². The number of carbonyl (C=O) groups excluding carboxylic acids is 1. The predicted molar refractivity (Wildman–Crippen MR) is 99.5 cm³/mol. The van der Waals surface area contributed by atoms with E-state index in [-0.39, 0.29) is 12.5 Å². The molecule has 1 amide bonds. The van der Waals surface area contributed by atoms with Crippen molar-refractivity contribution in [2.24, 2.45) is 0 Å². The lowest BCUT2D eigenvalue weighted by molar-refractivity contribution is -0.123. The molecular weight excluding hydrogens is 334 g/mol. The van der Waals surface area contributed by atoms with Crippen LogP contribution >= 0.6 is 0 Å². The van der Waals surface area contributed by atoms with E-state index >= 15 is 0 Å². The van der Waals surface area contributed by atoms with Gasteiger partial charge in [-0.3, -0.25) is 4.79 Å². The van der Waals surface area contributed by atoms with Crippen LogP contribution in [0.5, 0.6) is 23.0 Å². The van der Waals surface area contributed by atoms with Crippen molar-refractivity contribution in [1.82, 2.24) is 5.32 Å². The van der Waals surface area contributed by atoms with Crippen LogP contribution in [0.25, 0.3) is 0 Å². The average molecular weight is 359 g/mol. The Bertz CT molecular complexity index is 745. The molecule has 0 aliphatic heterocycles. The fraction of sp³-hybridized carbons (Fsp3) is 0.350. The maximum atomic E-state index is 12.0. The first-order valence-electron chi connectivity index (χ1n) is 8.33. The van der Waals surface area contributed by atoms with Crippen LogP contribution < -0.4 is 24.3 Å². The molecular formula is C20H25NO5. The second-order valence-electron chi connectivity index (χ2n) is 5.67. The summed E-state index contributed by atoms with van der Waals surface area (Å²) in [6, 6.07) is 11.1. The van der Waals surface area contributed by atoms with Gasteiger partial charge < -0.3 is 24.3 Å². The minimum Gasteiger partial charge on any atom is -0.493 e. The monoisotopic (exact) mass is 359 g/mol. The normalized spacial score (nSPS) is 10.2. The quantitative estimate of drug-likeness (QED) is 0.746. The number of hydrogen-bond acceptors (Lipinski definition) is 5. The van der Waals surface area contributed by atoms with Gasteiger partial charge >= 0.3 is 0 Å². The first kappa shape index (κ1) is 19.4. The maximum Gasteiger partial charge on any atom is 0.257 e. The topological polar surface area (TPSA) is 66.0 Å². The average Bonchev–Trinajstić information content (AvgIpc) is 2.67. The molecule has 0 aliphatic carbocycles. The van der Waals surface area contributed by atoms with Gasteiger partial charge in [-0.05, 0) is 48.7 Å². The van der Waals surface area contributed by atoms with Crippen molar-refractivity contribution in [2.45, 2.75) is 13.3 Å². The zero-order valence-corrected chi connectivity index (χ0v) is 15.6. The Morgan fingerprint density at radius 2 is 1.54 bits per heavy atom. The first-order chi connectivity index (χ1) is 12.6. The van der Waals surface area contributed by atoms with Gasteiger partial charge in [0, 0.05) is 6.54 Å². The minimum absolute atomic E-state index is 0.0642. The van der Waals surface area contributed by atoms with Gasteiger partial charge in [0.2, 0.25) is 0 Å². The molecule has 0 unspecified atom stereocenters. The molecule has 0 bridgehead atoms. The summed E-state index contributed by atoms with van der Waals surface area (Å²) in [5, 5.41) is 2.86. The van der Waals surface area contributed by atoms with E-state index in [0.29, 0.717) is 36.0 Å². The van der Waals surface area contributed by atoms with Crippen LogP contribution in [0.1, 0.15) is 11.1 Å². The molecule has 6 nitrogen and oxygen atoms in total. The Kier molecular flexibility index (Phi) is 7.14. The molecule has 140 valence electrons. The largest absolute Gasteiger partial charge is 0.493 e. The number of rotatable bonds is 9. The molecule has 2 rings (SSSR count). The van der Waals surface area contributed by atoms with Crippen molar-refractivity contribution in [1.29, 1.82) is 0 Å². The Morgan fingerprint density at radius 1 is 0.923 bits per heavy atom. The van der Waals surface area contributed by atoms with Crippen molar-refractivity contribution in [2.75, 3.05) is 34.5 Å². The number of aryl methyl sites for hydroxylation is 1. The molecule has 1 N–H and O–H groups in total. The van der Waals surface area contributed by atoms with Gasteiger partial charge in [-0.25, -0.2) is 0 Å². The highest BCUT2D eigenvalue weighted by Gasteiger charge is 2.10. The van der Waals surface area contributed by atoms with E-state index in [0.717, 1.165) is 11.1 Å². The summed E-state index contributed by atoms with van der Waals surface area (Å²) in [4.78, 5) is 12.0. The number of benzene rings is 2.